The summed E-state index contributed by atoms with van der Waals surface area (Å²) in [6.07, 6.45) is 1.85. The van der Waals surface area contributed by atoms with Crippen LogP contribution in [0.1, 0.15) is 34.5 Å². The smallest absolute Gasteiger partial charge is 0.346 e. The minimum Gasteiger partial charge on any atom is -0.465 e. The molecule has 1 unspecified atom stereocenters. The van der Waals surface area contributed by atoms with Crippen molar-refractivity contribution in [2.45, 2.75) is 31.1 Å². The van der Waals surface area contributed by atoms with Crippen LogP contribution in [-0.4, -0.2) is 45.3 Å². The first-order valence-electron chi connectivity index (χ1n) is 14.8. The quantitative estimate of drug-likeness (QED) is 0.0211. The number of rotatable bonds is 14. The van der Waals surface area contributed by atoms with Crippen molar-refractivity contribution in [2.24, 2.45) is 0 Å². The van der Waals surface area contributed by atoms with Crippen LogP contribution in [0.3, 0.4) is 0 Å². The molecule has 10 nitrogen and oxygen atoms in total. The Morgan fingerprint density at radius 2 is 1.67 bits per heavy atom. The highest BCUT2D eigenvalue weighted by atomic mass is 32.9. The van der Waals surface area contributed by atoms with E-state index in [2.05, 4.69) is 4.84 Å². The van der Waals surface area contributed by atoms with Crippen molar-refractivity contribution in [3.8, 4) is 33.1 Å². The van der Waals surface area contributed by atoms with Crippen LogP contribution in [0.25, 0.3) is 27.4 Å². The lowest BCUT2D eigenvalue weighted by Crippen LogP contribution is -2.15. The zero-order valence-corrected chi connectivity index (χ0v) is 29.5. The molecule has 0 aliphatic heterocycles. The molecule has 0 spiro atoms. The van der Waals surface area contributed by atoms with Crippen LogP contribution in [-0.2, 0) is 31.6 Å². The lowest BCUT2D eigenvalue weighted by molar-refractivity contribution is -0.757. The van der Waals surface area contributed by atoms with Crippen molar-refractivity contribution in [1.29, 1.82) is 0 Å². The Kier molecular flexibility index (Phi) is 11.8. The number of unbranched alkanes of at least 4 members (excludes halogenated alkanes) is 1. The number of carbonyl (C=O) groups is 2. The number of aromatic nitrogens is 1. The highest BCUT2D eigenvalue weighted by molar-refractivity contribution is 7.84. The first kappa shape index (κ1) is 35.7. The molecule has 0 saturated heterocycles. The number of benzene rings is 3. The van der Waals surface area contributed by atoms with Gasteiger partial charge in [-0.2, -0.15) is 0 Å². The highest BCUT2D eigenvalue weighted by Crippen LogP contribution is 2.37. The predicted octanol–water partition coefficient (Wildman–Crippen LogP) is 8.14. The second-order valence-corrected chi connectivity index (χ2v) is 14.9. The summed E-state index contributed by atoms with van der Waals surface area (Å²) in [7, 11) is 1.78. The summed E-state index contributed by atoms with van der Waals surface area (Å²) in [6, 6.07) is 21.5. The van der Waals surface area contributed by atoms with E-state index in [-0.39, 0.29) is 30.9 Å². The summed E-state index contributed by atoms with van der Waals surface area (Å²) in [5, 5.41) is 9.49. The number of hydrogen-bond donors (Lipinski definition) is 0. The van der Waals surface area contributed by atoms with E-state index in [1.54, 1.807) is 70.6 Å². The van der Waals surface area contributed by atoms with E-state index in [9.17, 15) is 28.3 Å². The third kappa shape index (κ3) is 8.92. The Morgan fingerprint density at radius 1 is 0.980 bits per heavy atom. The minimum atomic E-state index is -1.26. The van der Waals surface area contributed by atoms with Gasteiger partial charge in [-0.05, 0) is 97.1 Å². The normalized spacial score (nSPS) is 11.6. The number of halogens is 1. The van der Waals surface area contributed by atoms with E-state index >= 15 is 0 Å². The molecule has 0 radical (unpaired) electrons. The molecule has 0 amide bonds. The van der Waals surface area contributed by atoms with E-state index in [4.69, 9.17) is 21.7 Å². The monoisotopic (exact) mass is 740 g/mol. The number of carbonyl (C=O) groups excluding carboxylic acids is 2. The molecule has 0 saturated carbocycles. The van der Waals surface area contributed by atoms with Crippen LogP contribution in [0.2, 0.25) is 0 Å². The fourth-order valence-electron chi connectivity index (χ4n) is 5.13. The maximum Gasteiger partial charge on any atom is 0.346 e. The molecule has 15 heteroatoms. The average Bonchev–Trinajstić information content (AvgIpc) is 3.63. The van der Waals surface area contributed by atoms with Gasteiger partial charge in [-0.3, -0.25) is 9.00 Å². The zero-order chi connectivity index (χ0) is 35.1. The third-order valence-electron chi connectivity index (χ3n) is 7.40. The number of esters is 2. The van der Waals surface area contributed by atoms with Crippen molar-refractivity contribution in [1.82, 2.24) is 4.57 Å². The van der Waals surface area contributed by atoms with Gasteiger partial charge in [0.1, 0.15) is 15.4 Å². The molecule has 0 fully saturated rings. The standard InChI is InChI=1S/C34H29FN2O8S4/c1-21-28(19-30(38)43-16-3-4-17-44-37(40)41)32(34(39)45-26-12-8-22(9-13-26)29-20-31(46)48-47-29)33(23-10-14-27(15-11-23)49(2)42)36(21)25-7-5-6-24(35)18-25/h5-15,18,20H,3-4,16-17,19H2,1-2H3. The molecule has 0 bridgehead atoms. The molecular weight excluding hydrogens is 712 g/mol. The van der Waals surface area contributed by atoms with Crippen LogP contribution < -0.4 is 4.74 Å². The van der Waals surface area contributed by atoms with Gasteiger partial charge in [0.15, 0.2) is 0 Å². The maximum absolute atomic E-state index is 14.6. The van der Waals surface area contributed by atoms with Gasteiger partial charge in [-0.15, -0.1) is 10.1 Å². The second-order valence-electron chi connectivity index (χ2n) is 10.7. The van der Waals surface area contributed by atoms with Crippen molar-refractivity contribution < 1.29 is 37.6 Å². The number of hydrogen-bond acceptors (Lipinski definition) is 11. The van der Waals surface area contributed by atoms with Crippen molar-refractivity contribution >= 4 is 55.6 Å². The molecule has 2 heterocycles. The van der Waals surface area contributed by atoms with Gasteiger partial charge in [0.05, 0.1) is 30.9 Å². The largest absolute Gasteiger partial charge is 0.465 e. The summed E-state index contributed by atoms with van der Waals surface area (Å²) in [4.78, 5) is 43.6. The molecule has 49 heavy (non-hydrogen) atoms. The summed E-state index contributed by atoms with van der Waals surface area (Å²) < 4.78 is 40.5. The van der Waals surface area contributed by atoms with E-state index < -0.39 is 33.6 Å². The Bertz CT molecular complexity index is 2070. The summed E-state index contributed by atoms with van der Waals surface area (Å²) >= 11 is 5.25. The van der Waals surface area contributed by atoms with Crippen LogP contribution >= 0.6 is 32.9 Å². The van der Waals surface area contributed by atoms with Crippen LogP contribution in [0.5, 0.6) is 5.75 Å². The van der Waals surface area contributed by atoms with Crippen LogP contribution in [0, 0.1) is 26.7 Å². The van der Waals surface area contributed by atoms with E-state index in [0.29, 0.717) is 45.9 Å². The molecule has 0 aliphatic carbocycles. The Morgan fingerprint density at radius 3 is 2.31 bits per heavy atom. The van der Waals surface area contributed by atoms with Gasteiger partial charge >= 0.3 is 11.9 Å². The van der Waals surface area contributed by atoms with E-state index in [0.717, 1.165) is 14.3 Å². The van der Waals surface area contributed by atoms with Crippen molar-refractivity contribution in [2.75, 3.05) is 19.5 Å². The molecule has 1 atom stereocenters. The van der Waals surface area contributed by atoms with Crippen LogP contribution in [0.15, 0.2) is 83.8 Å². The molecule has 5 rings (SSSR count). The summed E-state index contributed by atoms with van der Waals surface area (Å²) in [5.74, 6) is -1.64. The summed E-state index contributed by atoms with van der Waals surface area (Å²) in [6.45, 7) is 1.56. The van der Waals surface area contributed by atoms with Gasteiger partial charge in [-0.1, -0.05) is 51.1 Å². The molecule has 254 valence electrons. The molecule has 0 N–H and O–H groups in total. The van der Waals surface area contributed by atoms with Gasteiger partial charge in [-0.25, -0.2) is 9.18 Å². The second kappa shape index (κ2) is 16.2. The number of ether oxygens (including phenoxy) is 2. The lowest BCUT2D eigenvalue weighted by Gasteiger charge is -2.14. The molecule has 3 aromatic carbocycles. The van der Waals surface area contributed by atoms with Gasteiger partial charge < -0.3 is 18.9 Å². The fraction of sp³-hybridized carbons (Fsp3) is 0.206. The third-order valence-corrected chi connectivity index (χ3v) is 11.2. The zero-order valence-electron chi connectivity index (χ0n) is 26.2. The van der Waals surface area contributed by atoms with Crippen LogP contribution in [0.4, 0.5) is 4.39 Å². The Labute approximate surface area is 295 Å². The average molecular weight is 741 g/mol. The SMILES string of the molecule is Cc1c(CC(=O)OCCCCO[N+](=O)[O-])c(C(=O)Oc2ccc(-c3cc(=S)ss3)cc2)c(-c2ccc(S(C)=O)cc2)n1-c1cccc(F)c1. The van der Waals surface area contributed by atoms with Gasteiger partial charge in [0.25, 0.3) is 5.09 Å². The molecular formula is C34H29FN2O8S4. The van der Waals surface area contributed by atoms with Gasteiger partial charge in [0, 0.05) is 38.2 Å². The summed E-state index contributed by atoms with van der Waals surface area (Å²) in [5.41, 5.74) is 3.04. The topological polar surface area (TPSA) is 127 Å². The first-order chi connectivity index (χ1) is 23.5. The van der Waals surface area contributed by atoms with E-state index in [1.807, 2.05) is 18.2 Å². The minimum absolute atomic E-state index is 0.0177. The fourth-order valence-corrected chi connectivity index (χ4v) is 8.05. The molecule has 0 aliphatic rings. The first-order valence-corrected chi connectivity index (χ1v) is 18.9. The van der Waals surface area contributed by atoms with Gasteiger partial charge in [0.2, 0.25) is 0 Å². The molecule has 2 aromatic heterocycles. The van der Waals surface area contributed by atoms with Crippen molar-refractivity contribution in [3.63, 3.8) is 0 Å². The lowest BCUT2D eigenvalue weighted by atomic mass is 10.0. The predicted molar refractivity (Wildman–Crippen MR) is 189 cm³/mol. The maximum atomic E-state index is 14.6. The van der Waals surface area contributed by atoms with E-state index in [1.165, 1.54) is 28.5 Å². The Balaban J connectivity index is 1.55. The highest BCUT2D eigenvalue weighted by Gasteiger charge is 2.30. The number of nitrogens with zero attached hydrogens (tertiary/aromatic N) is 2. The van der Waals surface area contributed by atoms with Crippen molar-refractivity contribution in [3.05, 3.63) is 115 Å². The molecule has 5 aromatic rings. The Hall–Kier alpha value is -4.57.